The maximum atomic E-state index is 12.8. The van der Waals surface area contributed by atoms with Crippen molar-refractivity contribution in [2.75, 3.05) is 13.4 Å². The average Bonchev–Trinajstić information content (AvgIpc) is 3.09. The summed E-state index contributed by atoms with van der Waals surface area (Å²) in [7, 11) is 0. The van der Waals surface area contributed by atoms with Crippen LogP contribution in [0.1, 0.15) is 24.1 Å². The van der Waals surface area contributed by atoms with Crippen molar-refractivity contribution >= 4 is 11.9 Å². The Morgan fingerprint density at radius 3 is 2.65 bits per heavy atom. The molecule has 0 unspecified atom stereocenters. The summed E-state index contributed by atoms with van der Waals surface area (Å²) < 4.78 is 28.3. The van der Waals surface area contributed by atoms with Crippen LogP contribution in [0.3, 0.4) is 0 Å². The fourth-order valence-electron chi connectivity index (χ4n) is 2.51. The van der Waals surface area contributed by atoms with Crippen LogP contribution >= 0.6 is 0 Å². The average molecular weight is 359 g/mol. The molecule has 1 heterocycles. The SMILES string of the molecule is C[C@@H](NC(=O)COC(=O)Cc1ccc(F)cc1)c1ccc2c(c1)OCO2. The summed E-state index contributed by atoms with van der Waals surface area (Å²) in [6.07, 6.45) is -0.0225. The Labute approximate surface area is 149 Å². The van der Waals surface area contributed by atoms with Gasteiger partial charge in [0.25, 0.3) is 5.91 Å². The van der Waals surface area contributed by atoms with E-state index in [9.17, 15) is 14.0 Å². The fourth-order valence-corrected chi connectivity index (χ4v) is 2.51. The summed E-state index contributed by atoms with van der Waals surface area (Å²) in [6, 6.07) is 10.7. The van der Waals surface area contributed by atoms with Gasteiger partial charge in [0.1, 0.15) is 5.82 Å². The van der Waals surface area contributed by atoms with Gasteiger partial charge in [0.05, 0.1) is 12.5 Å². The van der Waals surface area contributed by atoms with E-state index in [-0.39, 0.29) is 31.7 Å². The normalized spacial score (nSPS) is 13.2. The molecular formula is C19H18FNO5. The van der Waals surface area contributed by atoms with Gasteiger partial charge in [-0.05, 0) is 42.3 Å². The van der Waals surface area contributed by atoms with Crippen LogP contribution < -0.4 is 14.8 Å². The topological polar surface area (TPSA) is 73.9 Å². The molecular weight excluding hydrogens is 341 g/mol. The minimum absolute atomic E-state index is 0.0225. The van der Waals surface area contributed by atoms with Crippen molar-refractivity contribution in [1.29, 1.82) is 0 Å². The van der Waals surface area contributed by atoms with Crippen molar-refractivity contribution in [3.8, 4) is 11.5 Å². The molecule has 0 spiro atoms. The number of hydrogen-bond donors (Lipinski definition) is 1. The molecule has 1 aliphatic rings. The fraction of sp³-hybridized carbons (Fsp3) is 0.263. The molecule has 1 N–H and O–H groups in total. The predicted molar refractivity (Wildman–Crippen MR) is 90.2 cm³/mol. The summed E-state index contributed by atoms with van der Waals surface area (Å²) >= 11 is 0. The number of benzene rings is 2. The lowest BCUT2D eigenvalue weighted by Gasteiger charge is -2.15. The number of carbonyl (C=O) groups excluding carboxylic acids is 2. The van der Waals surface area contributed by atoms with Crippen LogP contribution in [-0.4, -0.2) is 25.3 Å². The first-order valence-corrected chi connectivity index (χ1v) is 8.10. The summed E-state index contributed by atoms with van der Waals surface area (Å²) in [5.41, 5.74) is 1.46. The molecule has 0 saturated heterocycles. The van der Waals surface area contributed by atoms with E-state index in [2.05, 4.69) is 5.32 Å². The Morgan fingerprint density at radius 2 is 1.88 bits per heavy atom. The summed E-state index contributed by atoms with van der Waals surface area (Å²) in [5, 5.41) is 2.75. The summed E-state index contributed by atoms with van der Waals surface area (Å²) in [5.74, 6) is -0.0413. The van der Waals surface area contributed by atoms with Gasteiger partial charge < -0.3 is 19.5 Å². The number of carbonyl (C=O) groups is 2. The van der Waals surface area contributed by atoms with Crippen LogP contribution in [0.5, 0.6) is 11.5 Å². The van der Waals surface area contributed by atoms with Crippen molar-refractivity contribution in [2.24, 2.45) is 0 Å². The van der Waals surface area contributed by atoms with Crippen molar-refractivity contribution in [3.05, 3.63) is 59.4 Å². The van der Waals surface area contributed by atoms with E-state index in [1.807, 2.05) is 13.0 Å². The highest BCUT2D eigenvalue weighted by atomic mass is 19.1. The Morgan fingerprint density at radius 1 is 1.15 bits per heavy atom. The van der Waals surface area contributed by atoms with Gasteiger partial charge in [-0.3, -0.25) is 9.59 Å². The molecule has 6 nitrogen and oxygen atoms in total. The molecule has 3 rings (SSSR count). The Hall–Kier alpha value is -3.09. The van der Waals surface area contributed by atoms with Gasteiger partial charge in [-0.25, -0.2) is 4.39 Å². The molecule has 1 amide bonds. The number of amides is 1. The van der Waals surface area contributed by atoms with Gasteiger partial charge >= 0.3 is 5.97 Å². The van der Waals surface area contributed by atoms with E-state index >= 15 is 0 Å². The number of esters is 1. The highest BCUT2D eigenvalue weighted by Gasteiger charge is 2.17. The molecule has 0 fully saturated rings. The van der Waals surface area contributed by atoms with Gasteiger partial charge in [-0.2, -0.15) is 0 Å². The zero-order chi connectivity index (χ0) is 18.5. The molecule has 2 aromatic rings. The van der Waals surface area contributed by atoms with E-state index in [1.54, 1.807) is 12.1 Å². The number of hydrogen-bond acceptors (Lipinski definition) is 5. The van der Waals surface area contributed by atoms with E-state index in [1.165, 1.54) is 24.3 Å². The molecule has 0 bridgehead atoms. The molecule has 1 atom stereocenters. The zero-order valence-corrected chi connectivity index (χ0v) is 14.2. The molecule has 0 saturated carbocycles. The highest BCUT2D eigenvalue weighted by Crippen LogP contribution is 2.34. The van der Waals surface area contributed by atoms with Gasteiger partial charge in [0.2, 0.25) is 6.79 Å². The molecule has 0 aliphatic carbocycles. The largest absolute Gasteiger partial charge is 0.455 e. The van der Waals surface area contributed by atoms with Crippen LogP contribution in [-0.2, 0) is 20.7 Å². The van der Waals surface area contributed by atoms with Crippen molar-refractivity contribution in [1.82, 2.24) is 5.32 Å². The van der Waals surface area contributed by atoms with Crippen LogP contribution in [0.25, 0.3) is 0 Å². The quantitative estimate of drug-likeness (QED) is 0.803. The smallest absolute Gasteiger partial charge is 0.310 e. The zero-order valence-electron chi connectivity index (χ0n) is 14.2. The second kappa shape index (κ2) is 7.86. The monoisotopic (exact) mass is 359 g/mol. The van der Waals surface area contributed by atoms with Gasteiger partial charge in [-0.1, -0.05) is 18.2 Å². The molecule has 26 heavy (non-hydrogen) atoms. The van der Waals surface area contributed by atoms with Gasteiger partial charge in [0, 0.05) is 0 Å². The highest BCUT2D eigenvalue weighted by molar-refractivity contribution is 5.81. The predicted octanol–water partition coefficient (Wildman–Crippen LogP) is 2.52. The van der Waals surface area contributed by atoms with Crippen molar-refractivity contribution in [3.63, 3.8) is 0 Å². The second-order valence-corrected chi connectivity index (χ2v) is 5.87. The first kappa shape index (κ1) is 17.7. The molecule has 7 heteroatoms. The van der Waals surface area contributed by atoms with Crippen LogP contribution in [0, 0.1) is 5.82 Å². The number of fused-ring (bicyclic) bond motifs is 1. The lowest BCUT2D eigenvalue weighted by Crippen LogP contribution is -2.31. The third kappa shape index (κ3) is 4.50. The second-order valence-electron chi connectivity index (χ2n) is 5.87. The van der Waals surface area contributed by atoms with Crippen LogP contribution in [0.4, 0.5) is 4.39 Å². The molecule has 0 aromatic heterocycles. The number of rotatable bonds is 6. The lowest BCUT2D eigenvalue weighted by molar-refractivity contribution is -0.148. The lowest BCUT2D eigenvalue weighted by atomic mass is 10.1. The maximum absolute atomic E-state index is 12.8. The van der Waals surface area contributed by atoms with E-state index in [4.69, 9.17) is 14.2 Å². The molecule has 2 aromatic carbocycles. The minimum atomic E-state index is -0.553. The maximum Gasteiger partial charge on any atom is 0.310 e. The Kier molecular flexibility index (Phi) is 5.36. The number of halogens is 1. The molecule has 136 valence electrons. The van der Waals surface area contributed by atoms with Crippen molar-refractivity contribution < 1.29 is 28.2 Å². The summed E-state index contributed by atoms with van der Waals surface area (Å²) in [4.78, 5) is 23.7. The number of ether oxygens (including phenoxy) is 3. The van der Waals surface area contributed by atoms with E-state index in [0.717, 1.165) is 5.56 Å². The Bertz CT molecular complexity index is 806. The van der Waals surface area contributed by atoms with E-state index in [0.29, 0.717) is 17.1 Å². The van der Waals surface area contributed by atoms with Crippen LogP contribution in [0.15, 0.2) is 42.5 Å². The van der Waals surface area contributed by atoms with Crippen molar-refractivity contribution in [2.45, 2.75) is 19.4 Å². The Balaban J connectivity index is 1.46. The van der Waals surface area contributed by atoms with E-state index < -0.39 is 11.9 Å². The molecule has 1 aliphatic heterocycles. The summed E-state index contributed by atoms with van der Waals surface area (Å²) in [6.45, 7) is 1.62. The van der Waals surface area contributed by atoms with Gasteiger partial charge in [0.15, 0.2) is 18.1 Å². The van der Waals surface area contributed by atoms with Crippen LogP contribution in [0.2, 0.25) is 0 Å². The third-order valence-corrected chi connectivity index (χ3v) is 3.90. The first-order valence-electron chi connectivity index (χ1n) is 8.10. The first-order chi connectivity index (χ1) is 12.5. The minimum Gasteiger partial charge on any atom is -0.455 e. The number of nitrogens with one attached hydrogen (secondary N) is 1. The standard InChI is InChI=1S/C19H18FNO5/c1-12(14-4-7-16-17(9-14)26-11-25-16)21-18(22)10-24-19(23)8-13-2-5-15(20)6-3-13/h2-7,9,12H,8,10-11H2,1H3,(H,21,22)/t12-/m1/s1. The van der Waals surface area contributed by atoms with Gasteiger partial charge in [-0.15, -0.1) is 0 Å². The third-order valence-electron chi connectivity index (χ3n) is 3.90. The molecule has 0 radical (unpaired) electrons.